The molecule has 0 saturated heterocycles. The molecule has 134 valence electrons. The van der Waals surface area contributed by atoms with Crippen LogP contribution in [0.5, 0.6) is 0 Å². The number of primary amides is 1. The molecule has 0 fully saturated rings. The molecule has 25 heavy (non-hydrogen) atoms. The van der Waals surface area contributed by atoms with E-state index in [4.69, 9.17) is 11.0 Å². The van der Waals surface area contributed by atoms with Crippen LogP contribution >= 0.6 is 0 Å². The topological polar surface area (TPSA) is 125 Å². The Bertz CT molecular complexity index is 687. The quantitative estimate of drug-likeness (QED) is 0.628. The summed E-state index contributed by atoms with van der Waals surface area (Å²) in [6.07, 6.45) is 0.0733. The van der Waals surface area contributed by atoms with Crippen LogP contribution in [-0.2, 0) is 20.8 Å². The Balaban J connectivity index is 2.93. The van der Waals surface area contributed by atoms with Crippen molar-refractivity contribution in [3.63, 3.8) is 0 Å². The number of rotatable bonds is 8. The van der Waals surface area contributed by atoms with Gasteiger partial charge >= 0.3 is 0 Å². The lowest BCUT2D eigenvalue weighted by Gasteiger charge is -2.24. The van der Waals surface area contributed by atoms with Crippen molar-refractivity contribution in [2.24, 2.45) is 11.7 Å². The van der Waals surface area contributed by atoms with Crippen LogP contribution in [0.15, 0.2) is 24.3 Å². The second-order valence-corrected chi connectivity index (χ2v) is 5.82. The van der Waals surface area contributed by atoms with Gasteiger partial charge < -0.3 is 16.4 Å². The standard InChI is InChI=1S/C17H21FN4O3/c1-10(6-7-19)15(16(20)24)22-17(25)14(21-11(2)23)9-12-4-3-5-13(18)8-12/h3-5,8,10,14-15H,6,9H2,1-2H3,(H2,20,24)(H,21,23)(H,22,25)/t10-,14+,15+/m1/s1. The Labute approximate surface area is 145 Å². The first kappa shape index (κ1) is 20.1. The second kappa shape index (κ2) is 9.37. The van der Waals surface area contributed by atoms with Gasteiger partial charge in [0.1, 0.15) is 17.9 Å². The Hall–Kier alpha value is -2.95. The van der Waals surface area contributed by atoms with E-state index in [2.05, 4.69) is 10.6 Å². The molecule has 1 rings (SSSR count). The number of benzene rings is 1. The van der Waals surface area contributed by atoms with E-state index in [-0.39, 0.29) is 12.8 Å². The van der Waals surface area contributed by atoms with Gasteiger partial charge in [0, 0.05) is 19.8 Å². The predicted octanol–water partition coefficient (Wildman–Crippen LogP) is 0.393. The molecular weight excluding hydrogens is 327 g/mol. The summed E-state index contributed by atoms with van der Waals surface area (Å²) in [7, 11) is 0. The minimum atomic E-state index is -1.05. The molecule has 3 atom stereocenters. The van der Waals surface area contributed by atoms with Gasteiger partial charge in [-0.2, -0.15) is 5.26 Å². The Kier molecular flexibility index (Phi) is 7.53. The number of hydrogen-bond donors (Lipinski definition) is 3. The molecule has 0 unspecified atom stereocenters. The first-order valence-corrected chi connectivity index (χ1v) is 7.72. The number of nitrogens with two attached hydrogens (primary N) is 1. The predicted molar refractivity (Wildman–Crippen MR) is 88.2 cm³/mol. The molecule has 0 spiro atoms. The monoisotopic (exact) mass is 348 g/mol. The third-order valence-corrected chi connectivity index (χ3v) is 3.61. The van der Waals surface area contributed by atoms with E-state index < -0.39 is 41.5 Å². The highest BCUT2D eigenvalue weighted by Crippen LogP contribution is 2.10. The lowest BCUT2D eigenvalue weighted by molar-refractivity contribution is -0.131. The number of amides is 3. The van der Waals surface area contributed by atoms with E-state index >= 15 is 0 Å². The molecule has 1 aromatic carbocycles. The van der Waals surface area contributed by atoms with Crippen molar-refractivity contribution in [3.8, 4) is 6.07 Å². The zero-order valence-electron chi connectivity index (χ0n) is 14.1. The zero-order chi connectivity index (χ0) is 19.0. The molecule has 0 aliphatic heterocycles. The number of hydrogen-bond acceptors (Lipinski definition) is 4. The summed E-state index contributed by atoms with van der Waals surface area (Å²) >= 11 is 0. The van der Waals surface area contributed by atoms with Gasteiger partial charge in [0.15, 0.2) is 0 Å². The molecule has 0 aliphatic carbocycles. The summed E-state index contributed by atoms with van der Waals surface area (Å²) in [6.45, 7) is 2.86. The van der Waals surface area contributed by atoms with Crippen molar-refractivity contribution in [1.82, 2.24) is 10.6 Å². The van der Waals surface area contributed by atoms with Crippen molar-refractivity contribution in [2.75, 3.05) is 0 Å². The number of nitrogens with one attached hydrogen (secondary N) is 2. The van der Waals surface area contributed by atoms with Crippen molar-refractivity contribution in [1.29, 1.82) is 5.26 Å². The highest BCUT2D eigenvalue weighted by atomic mass is 19.1. The van der Waals surface area contributed by atoms with E-state index in [9.17, 15) is 18.8 Å². The molecule has 3 amide bonds. The van der Waals surface area contributed by atoms with E-state index in [1.807, 2.05) is 6.07 Å². The average molecular weight is 348 g/mol. The highest BCUT2D eigenvalue weighted by molar-refractivity contribution is 5.91. The maximum Gasteiger partial charge on any atom is 0.243 e. The third-order valence-electron chi connectivity index (χ3n) is 3.61. The summed E-state index contributed by atoms with van der Waals surface area (Å²) in [5.41, 5.74) is 5.80. The van der Waals surface area contributed by atoms with Crippen molar-refractivity contribution in [2.45, 2.75) is 38.8 Å². The van der Waals surface area contributed by atoms with Crippen LogP contribution in [0.4, 0.5) is 4.39 Å². The van der Waals surface area contributed by atoms with Gasteiger partial charge in [-0.05, 0) is 23.6 Å². The lowest BCUT2D eigenvalue weighted by atomic mass is 9.97. The Morgan fingerprint density at radius 3 is 2.52 bits per heavy atom. The van der Waals surface area contributed by atoms with Crippen molar-refractivity contribution < 1.29 is 18.8 Å². The van der Waals surface area contributed by atoms with Crippen LogP contribution in [-0.4, -0.2) is 29.8 Å². The minimum absolute atomic E-state index is 0.0303. The molecule has 7 nitrogen and oxygen atoms in total. The number of carbonyl (C=O) groups is 3. The fraction of sp³-hybridized carbons (Fsp3) is 0.412. The van der Waals surface area contributed by atoms with Gasteiger partial charge in [0.05, 0.1) is 6.07 Å². The van der Waals surface area contributed by atoms with Crippen LogP contribution in [0, 0.1) is 23.1 Å². The third kappa shape index (κ3) is 6.59. The normalized spacial score (nSPS) is 13.8. The fourth-order valence-electron chi connectivity index (χ4n) is 2.36. The Morgan fingerprint density at radius 2 is 2.00 bits per heavy atom. The molecule has 0 aliphatic rings. The number of nitriles is 1. The molecule has 0 bridgehead atoms. The molecular formula is C17H21FN4O3. The van der Waals surface area contributed by atoms with Crippen LogP contribution in [0.3, 0.4) is 0 Å². The molecule has 0 radical (unpaired) electrons. The fourth-order valence-corrected chi connectivity index (χ4v) is 2.36. The Morgan fingerprint density at radius 1 is 1.32 bits per heavy atom. The highest BCUT2D eigenvalue weighted by Gasteiger charge is 2.28. The zero-order valence-corrected chi connectivity index (χ0v) is 14.1. The maximum atomic E-state index is 13.3. The summed E-state index contributed by atoms with van der Waals surface area (Å²) in [5, 5.41) is 13.7. The molecule has 0 saturated carbocycles. The van der Waals surface area contributed by atoms with E-state index in [1.54, 1.807) is 13.0 Å². The SMILES string of the molecule is CC(=O)N[C@@H](Cc1cccc(F)c1)C(=O)N[C@H](C(N)=O)[C@H](C)CC#N. The van der Waals surface area contributed by atoms with Crippen LogP contribution in [0.25, 0.3) is 0 Å². The summed E-state index contributed by atoms with van der Waals surface area (Å²) in [4.78, 5) is 35.4. The summed E-state index contributed by atoms with van der Waals surface area (Å²) in [5.74, 6) is -2.80. The van der Waals surface area contributed by atoms with Crippen LogP contribution in [0.1, 0.15) is 25.8 Å². The van der Waals surface area contributed by atoms with Crippen LogP contribution in [0.2, 0.25) is 0 Å². The van der Waals surface area contributed by atoms with Gasteiger partial charge in [0.25, 0.3) is 0 Å². The second-order valence-electron chi connectivity index (χ2n) is 5.82. The van der Waals surface area contributed by atoms with Gasteiger partial charge in [-0.1, -0.05) is 19.1 Å². The van der Waals surface area contributed by atoms with Crippen molar-refractivity contribution in [3.05, 3.63) is 35.6 Å². The lowest BCUT2D eigenvalue weighted by Crippen LogP contribution is -2.55. The van der Waals surface area contributed by atoms with Crippen molar-refractivity contribution >= 4 is 17.7 Å². The minimum Gasteiger partial charge on any atom is -0.368 e. The van der Waals surface area contributed by atoms with Gasteiger partial charge in [0.2, 0.25) is 17.7 Å². The van der Waals surface area contributed by atoms with E-state index in [1.165, 1.54) is 25.1 Å². The maximum absolute atomic E-state index is 13.3. The van der Waals surface area contributed by atoms with Gasteiger partial charge in [-0.3, -0.25) is 14.4 Å². The summed E-state index contributed by atoms with van der Waals surface area (Å²) in [6, 6.07) is 5.50. The average Bonchev–Trinajstić information content (AvgIpc) is 2.51. The largest absolute Gasteiger partial charge is 0.368 e. The number of carbonyl (C=O) groups excluding carboxylic acids is 3. The van der Waals surface area contributed by atoms with E-state index in [0.717, 1.165) is 0 Å². The van der Waals surface area contributed by atoms with Gasteiger partial charge in [-0.15, -0.1) is 0 Å². The molecule has 0 aromatic heterocycles. The number of halogens is 1. The molecule has 8 heteroatoms. The van der Waals surface area contributed by atoms with E-state index in [0.29, 0.717) is 5.56 Å². The number of nitrogens with zero attached hydrogens (tertiary/aromatic N) is 1. The molecule has 1 aromatic rings. The first-order chi connectivity index (χ1) is 11.7. The molecule has 4 N–H and O–H groups in total. The smallest absolute Gasteiger partial charge is 0.243 e. The summed E-state index contributed by atoms with van der Waals surface area (Å²) < 4.78 is 13.3. The van der Waals surface area contributed by atoms with Crippen LogP contribution < -0.4 is 16.4 Å². The first-order valence-electron chi connectivity index (χ1n) is 7.72. The molecule has 0 heterocycles. The van der Waals surface area contributed by atoms with Gasteiger partial charge in [-0.25, -0.2) is 4.39 Å².